The molecule has 0 unspecified atom stereocenters. The van der Waals surface area contributed by atoms with Crippen molar-refractivity contribution < 1.29 is 19.1 Å². The first-order valence-electron chi connectivity index (χ1n) is 7.89. The minimum absolute atomic E-state index is 0.105. The average molecular weight is 366 g/mol. The number of thiazole rings is 1. The van der Waals surface area contributed by atoms with Gasteiger partial charge in [0, 0.05) is 38.4 Å². The lowest BCUT2D eigenvalue weighted by molar-refractivity contribution is -0.115. The zero-order chi connectivity index (χ0) is 18.2. The summed E-state index contributed by atoms with van der Waals surface area (Å²) < 4.78 is 11.1. The van der Waals surface area contributed by atoms with E-state index in [4.69, 9.17) is 9.47 Å². The Morgan fingerprint density at radius 1 is 1.24 bits per heavy atom. The monoisotopic (exact) mass is 366 g/mol. The molecule has 0 saturated carbocycles. The first-order valence-corrected chi connectivity index (χ1v) is 8.71. The number of rotatable bonds is 8. The normalized spacial score (nSPS) is 10.5. The lowest BCUT2D eigenvalue weighted by Gasteiger charge is -2.09. The number of methoxy groups -OCH3 is 2. The van der Waals surface area contributed by atoms with Crippen LogP contribution in [-0.2, 0) is 9.53 Å². The Bertz CT molecular complexity index is 747. The number of amides is 3. The number of nitrogens with one attached hydrogen (secondary N) is 3. The Labute approximate surface area is 149 Å². The van der Waals surface area contributed by atoms with Crippen molar-refractivity contribution in [2.45, 2.75) is 19.8 Å². The molecule has 2 rings (SSSR count). The second-order valence-corrected chi connectivity index (χ2v) is 6.20. The SMILES string of the molecule is CCC(=O)Nc1nc2c(OC)cc(NC(=O)NCCCOC)cc2s1. The molecule has 2 aromatic rings. The van der Waals surface area contributed by atoms with Crippen LogP contribution in [0.5, 0.6) is 5.75 Å². The van der Waals surface area contributed by atoms with Crippen LogP contribution in [0, 0.1) is 0 Å². The fraction of sp³-hybridized carbons (Fsp3) is 0.438. The van der Waals surface area contributed by atoms with Gasteiger partial charge >= 0.3 is 6.03 Å². The second kappa shape index (κ2) is 9.19. The Hall–Kier alpha value is -2.39. The molecule has 3 N–H and O–H groups in total. The second-order valence-electron chi connectivity index (χ2n) is 5.17. The Balaban J connectivity index is 2.12. The van der Waals surface area contributed by atoms with E-state index in [1.54, 1.807) is 26.2 Å². The minimum Gasteiger partial charge on any atom is -0.494 e. The number of hydrogen-bond acceptors (Lipinski definition) is 6. The maximum Gasteiger partial charge on any atom is 0.319 e. The van der Waals surface area contributed by atoms with E-state index in [0.29, 0.717) is 41.7 Å². The third-order valence-electron chi connectivity index (χ3n) is 3.32. The highest BCUT2D eigenvalue weighted by Crippen LogP contribution is 2.35. The van der Waals surface area contributed by atoms with Crippen LogP contribution in [0.1, 0.15) is 19.8 Å². The maximum absolute atomic E-state index is 11.9. The summed E-state index contributed by atoms with van der Waals surface area (Å²) in [4.78, 5) is 27.8. The van der Waals surface area contributed by atoms with Crippen molar-refractivity contribution in [1.29, 1.82) is 0 Å². The summed E-state index contributed by atoms with van der Waals surface area (Å²) in [6.07, 6.45) is 1.12. The number of aromatic nitrogens is 1. The van der Waals surface area contributed by atoms with Gasteiger partial charge in [-0.25, -0.2) is 9.78 Å². The van der Waals surface area contributed by atoms with Crippen LogP contribution >= 0.6 is 11.3 Å². The lowest BCUT2D eigenvalue weighted by atomic mass is 10.2. The van der Waals surface area contributed by atoms with E-state index in [2.05, 4.69) is 20.9 Å². The molecule has 1 aromatic heterocycles. The molecule has 1 heterocycles. The third kappa shape index (κ3) is 5.30. The summed E-state index contributed by atoms with van der Waals surface area (Å²) in [6, 6.07) is 3.19. The minimum atomic E-state index is -0.304. The molecule has 1 aromatic carbocycles. The summed E-state index contributed by atoms with van der Waals surface area (Å²) >= 11 is 1.32. The van der Waals surface area contributed by atoms with E-state index in [-0.39, 0.29) is 11.9 Å². The van der Waals surface area contributed by atoms with E-state index in [1.165, 1.54) is 18.4 Å². The van der Waals surface area contributed by atoms with Gasteiger partial charge in [-0.05, 0) is 12.5 Å². The van der Waals surface area contributed by atoms with Crippen LogP contribution in [0.2, 0.25) is 0 Å². The summed E-state index contributed by atoms with van der Waals surface area (Å²) in [5, 5.41) is 8.75. The zero-order valence-corrected chi connectivity index (χ0v) is 15.3. The van der Waals surface area contributed by atoms with Crippen molar-refractivity contribution in [3.8, 4) is 5.75 Å². The smallest absolute Gasteiger partial charge is 0.319 e. The van der Waals surface area contributed by atoms with E-state index in [1.807, 2.05) is 0 Å². The number of anilines is 2. The molecule has 0 aliphatic heterocycles. The molecular formula is C16H22N4O4S. The number of carbonyl (C=O) groups is 2. The fourth-order valence-electron chi connectivity index (χ4n) is 2.08. The number of hydrogen-bond donors (Lipinski definition) is 3. The van der Waals surface area contributed by atoms with Gasteiger partial charge in [-0.3, -0.25) is 4.79 Å². The van der Waals surface area contributed by atoms with Crippen LogP contribution in [0.3, 0.4) is 0 Å². The molecule has 0 aliphatic rings. The molecule has 0 aliphatic carbocycles. The van der Waals surface area contributed by atoms with Crippen molar-refractivity contribution in [3.63, 3.8) is 0 Å². The van der Waals surface area contributed by atoms with Gasteiger partial charge in [-0.1, -0.05) is 18.3 Å². The van der Waals surface area contributed by atoms with Crippen LogP contribution in [0.4, 0.5) is 15.6 Å². The van der Waals surface area contributed by atoms with Gasteiger partial charge in [0.1, 0.15) is 11.3 Å². The van der Waals surface area contributed by atoms with Gasteiger partial charge in [0.05, 0.1) is 11.8 Å². The van der Waals surface area contributed by atoms with E-state index < -0.39 is 0 Å². The topological polar surface area (TPSA) is 102 Å². The predicted molar refractivity (Wildman–Crippen MR) is 98.6 cm³/mol. The molecule has 25 heavy (non-hydrogen) atoms. The van der Waals surface area contributed by atoms with Gasteiger partial charge in [0.15, 0.2) is 5.13 Å². The highest BCUT2D eigenvalue weighted by atomic mass is 32.1. The van der Waals surface area contributed by atoms with Gasteiger partial charge < -0.3 is 25.4 Å². The van der Waals surface area contributed by atoms with Crippen LogP contribution < -0.4 is 20.7 Å². The first kappa shape index (κ1) is 18.9. The quantitative estimate of drug-likeness (QED) is 0.624. The third-order valence-corrected chi connectivity index (χ3v) is 4.23. The largest absolute Gasteiger partial charge is 0.494 e. The summed E-state index contributed by atoms with van der Waals surface area (Å²) in [6.45, 7) is 2.89. The fourth-order valence-corrected chi connectivity index (χ4v) is 3.02. The number of nitrogens with zero attached hydrogens (tertiary/aromatic N) is 1. The van der Waals surface area contributed by atoms with Crippen LogP contribution in [0.25, 0.3) is 10.2 Å². The molecule has 8 nitrogen and oxygen atoms in total. The van der Waals surface area contributed by atoms with Crippen molar-refractivity contribution >= 4 is 44.3 Å². The van der Waals surface area contributed by atoms with Gasteiger partial charge in [-0.15, -0.1) is 0 Å². The van der Waals surface area contributed by atoms with Gasteiger partial charge in [0.25, 0.3) is 0 Å². The van der Waals surface area contributed by atoms with Crippen molar-refractivity contribution in [2.24, 2.45) is 0 Å². The number of ether oxygens (including phenoxy) is 2. The molecule has 136 valence electrons. The number of fused-ring (bicyclic) bond motifs is 1. The molecule has 0 radical (unpaired) electrons. The molecule has 0 spiro atoms. The highest BCUT2D eigenvalue weighted by Gasteiger charge is 2.13. The molecule has 0 bridgehead atoms. The number of carbonyl (C=O) groups excluding carboxylic acids is 2. The first-order chi connectivity index (χ1) is 12.1. The van der Waals surface area contributed by atoms with E-state index >= 15 is 0 Å². The predicted octanol–water partition coefficient (Wildman–Crippen LogP) is 2.81. The summed E-state index contributed by atoms with van der Waals surface area (Å²) in [7, 11) is 3.15. The van der Waals surface area contributed by atoms with E-state index in [0.717, 1.165) is 11.1 Å². The van der Waals surface area contributed by atoms with Gasteiger partial charge in [0.2, 0.25) is 5.91 Å². The van der Waals surface area contributed by atoms with Crippen LogP contribution in [0.15, 0.2) is 12.1 Å². The average Bonchev–Trinajstić information content (AvgIpc) is 3.00. The van der Waals surface area contributed by atoms with E-state index in [9.17, 15) is 9.59 Å². The summed E-state index contributed by atoms with van der Waals surface area (Å²) in [5.41, 5.74) is 1.23. The molecule has 0 atom stereocenters. The number of urea groups is 1. The van der Waals surface area contributed by atoms with Gasteiger partial charge in [-0.2, -0.15) is 0 Å². The lowest BCUT2D eigenvalue weighted by Crippen LogP contribution is -2.30. The van der Waals surface area contributed by atoms with Crippen molar-refractivity contribution in [2.75, 3.05) is 38.0 Å². The van der Waals surface area contributed by atoms with Crippen molar-refractivity contribution in [3.05, 3.63) is 12.1 Å². The molecule has 0 saturated heterocycles. The molecule has 0 fully saturated rings. The zero-order valence-electron chi connectivity index (χ0n) is 14.5. The van der Waals surface area contributed by atoms with Crippen molar-refractivity contribution in [1.82, 2.24) is 10.3 Å². The molecular weight excluding hydrogens is 344 g/mol. The highest BCUT2D eigenvalue weighted by molar-refractivity contribution is 7.22. The Morgan fingerprint density at radius 2 is 2.04 bits per heavy atom. The Morgan fingerprint density at radius 3 is 2.72 bits per heavy atom. The van der Waals surface area contributed by atoms with Crippen LogP contribution in [-0.4, -0.2) is 44.3 Å². The Kier molecular flexibility index (Phi) is 6.96. The summed E-state index contributed by atoms with van der Waals surface area (Å²) in [5.74, 6) is 0.423. The maximum atomic E-state index is 11.9. The standard InChI is InChI=1S/C16H22N4O4S/c1-4-13(21)19-16-20-14-11(24-3)8-10(9-12(14)25-16)18-15(22)17-6-5-7-23-2/h8-9H,4-7H2,1-3H3,(H2,17,18,22)(H,19,20,21). The number of benzene rings is 1. The molecule has 3 amide bonds. The molecule has 9 heteroatoms.